The summed E-state index contributed by atoms with van der Waals surface area (Å²) in [4.78, 5) is 14.1. The Kier molecular flexibility index (Phi) is 3.48. The summed E-state index contributed by atoms with van der Waals surface area (Å²) < 4.78 is 5.12. The predicted molar refractivity (Wildman–Crippen MR) is 68.3 cm³/mol. The SMILES string of the molecule is COC(C)C(=O)N1CCC(C)c2ccccc21. The van der Waals surface area contributed by atoms with Gasteiger partial charge in [-0.05, 0) is 30.9 Å². The first-order valence-corrected chi connectivity index (χ1v) is 6.08. The minimum atomic E-state index is -0.378. The second-order valence-electron chi connectivity index (χ2n) is 4.62. The Labute approximate surface area is 102 Å². The second kappa shape index (κ2) is 4.88. The van der Waals surface area contributed by atoms with Crippen molar-refractivity contribution >= 4 is 11.6 Å². The molecule has 0 saturated heterocycles. The Morgan fingerprint density at radius 2 is 2.18 bits per heavy atom. The molecule has 0 aliphatic carbocycles. The van der Waals surface area contributed by atoms with Crippen LogP contribution < -0.4 is 4.90 Å². The Balaban J connectivity index is 2.33. The number of hydrogen-bond donors (Lipinski definition) is 0. The van der Waals surface area contributed by atoms with Crippen LogP contribution in [0.15, 0.2) is 24.3 Å². The number of anilines is 1. The number of benzene rings is 1. The van der Waals surface area contributed by atoms with E-state index < -0.39 is 0 Å². The highest BCUT2D eigenvalue weighted by Gasteiger charge is 2.28. The van der Waals surface area contributed by atoms with Crippen LogP contribution in [0, 0.1) is 0 Å². The molecule has 1 heterocycles. The molecule has 2 rings (SSSR count). The normalized spacial score (nSPS) is 20.9. The van der Waals surface area contributed by atoms with E-state index in [1.165, 1.54) is 5.56 Å². The van der Waals surface area contributed by atoms with E-state index in [0.29, 0.717) is 5.92 Å². The van der Waals surface area contributed by atoms with Crippen LogP contribution in [0.4, 0.5) is 5.69 Å². The molecule has 3 heteroatoms. The summed E-state index contributed by atoms with van der Waals surface area (Å²) in [5, 5.41) is 0. The maximum Gasteiger partial charge on any atom is 0.255 e. The molecule has 1 aromatic carbocycles. The molecule has 1 aromatic rings. The van der Waals surface area contributed by atoms with Crippen molar-refractivity contribution in [1.29, 1.82) is 0 Å². The minimum Gasteiger partial charge on any atom is -0.372 e. The van der Waals surface area contributed by atoms with E-state index in [1.54, 1.807) is 14.0 Å². The third-order valence-electron chi connectivity index (χ3n) is 3.51. The van der Waals surface area contributed by atoms with Gasteiger partial charge in [-0.3, -0.25) is 4.79 Å². The molecule has 2 unspecified atom stereocenters. The molecule has 3 nitrogen and oxygen atoms in total. The molecule has 0 spiro atoms. The Bertz CT molecular complexity index is 416. The van der Waals surface area contributed by atoms with Crippen molar-refractivity contribution in [2.75, 3.05) is 18.6 Å². The number of rotatable bonds is 2. The monoisotopic (exact) mass is 233 g/mol. The van der Waals surface area contributed by atoms with Gasteiger partial charge >= 0.3 is 0 Å². The van der Waals surface area contributed by atoms with Crippen molar-refractivity contribution in [3.05, 3.63) is 29.8 Å². The van der Waals surface area contributed by atoms with E-state index in [4.69, 9.17) is 4.74 Å². The number of carbonyl (C=O) groups is 1. The van der Waals surface area contributed by atoms with Gasteiger partial charge < -0.3 is 9.64 Å². The lowest BCUT2D eigenvalue weighted by Crippen LogP contribution is -2.42. The van der Waals surface area contributed by atoms with Gasteiger partial charge in [-0.2, -0.15) is 0 Å². The van der Waals surface area contributed by atoms with Crippen molar-refractivity contribution < 1.29 is 9.53 Å². The van der Waals surface area contributed by atoms with E-state index in [0.717, 1.165) is 18.7 Å². The maximum absolute atomic E-state index is 12.2. The molecule has 0 aromatic heterocycles. The molecule has 17 heavy (non-hydrogen) atoms. The Morgan fingerprint density at radius 1 is 1.47 bits per heavy atom. The van der Waals surface area contributed by atoms with Gasteiger partial charge in [-0.1, -0.05) is 25.1 Å². The molecule has 0 N–H and O–H groups in total. The summed E-state index contributed by atoms with van der Waals surface area (Å²) in [6, 6.07) is 8.14. The maximum atomic E-state index is 12.2. The molecular formula is C14H19NO2. The lowest BCUT2D eigenvalue weighted by molar-refractivity contribution is -0.127. The van der Waals surface area contributed by atoms with E-state index in [-0.39, 0.29) is 12.0 Å². The topological polar surface area (TPSA) is 29.5 Å². The summed E-state index contributed by atoms with van der Waals surface area (Å²) in [5.41, 5.74) is 2.30. The fraction of sp³-hybridized carbons (Fsp3) is 0.500. The average molecular weight is 233 g/mol. The summed E-state index contributed by atoms with van der Waals surface area (Å²) in [7, 11) is 1.57. The summed E-state index contributed by atoms with van der Waals surface area (Å²) in [5.74, 6) is 0.569. The van der Waals surface area contributed by atoms with Crippen LogP contribution in [-0.4, -0.2) is 25.7 Å². The number of hydrogen-bond acceptors (Lipinski definition) is 2. The van der Waals surface area contributed by atoms with Gasteiger partial charge in [-0.25, -0.2) is 0 Å². The van der Waals surface area contributed by atoms with Crippen LogP contribution in [-0.2, 0) is 9.53 Å². The fourth-order valence-electron chi connectivity index (χ4n) is 2.30. The van der Waals surface area contributed by atoms with Gasteiger partial charge in [0, 0.05) is 19.3 Å². The quantitative estimate of drug-likeness (QED) is 0.785. The van der Waals surface area contributed by atoms with Crippen molar-refractivity contribution in [3.8, 4) is 0 Å². The van der Waals surface area contributed by atoms with E-state index in [1.807, 2.05) is 23.1 Å². The second-order valence-corrected chi connectivity index (χ2v) is 4.62. The molecule has 0 saturated carbocycles. The van der Waals surface area contributed by atoms with E-state index >= 15 is 0 Å². The van der Waals surface area contributed by atoms with Gasteiger partial charge in [0.2, 0.25) is 0 Å². The Morgan fingerprint density at radius 3 is 2.88 bits per heavy atom. The molecule has 92 valence electrons. The first-order chi connectivity index (χ1) is 8.15. The van der Waals surface area contributed by atoms with Crippen LogP contribution in [0.25, 0.3) is 0 Å². The number of carbonyl (C=O) groups excluding carboxylic acids is 1. The largest absolute Gasteiger partial charge is 0.372 e. The van der Waals surface area contributed by atoms with Gasteiger partial charge in [-0.15, -0.1) is 0 Å². The number of ether oxygens (including phenoxy) is 1. The van der Waals surface area contributed by atoms with Crippen LogP contribution in [0.1, 0.15) is 31.7 Å². The van der Waals surface area contributed by atoms with Gasteiger partial charge in [0.15, 0.2) is 0 Å². The summed E-state index contributed by atoms with van der Waals surface area (Å²) >= 11 is 0. The minimum absolute atomic E-state index is 0.0480. The average Bonchev–Trinajstić information content (AvgIpc) is 2.38. The number of fused-ring (bicyclic) bond motifs is 1. The van der Waals surface area contributed by atoms with E-state index in [2.05, 4.69) is 13.0 Å². The molecule has 2 atom stereocenters. The molecule has 1 aliphatic rings. The lowest BCUT2D eigenvalue weighted by Gasteiger charge is -2.34. The number of nitrogens with zero attached hydrogens (tertiary/aromatic N) is 1. The van der Waals surface area contributed by atoms with Crippen LogP contribution in [0.5, 0.6) is 0 Å². The smallest absolute Gasteiger partial charge is 0.255 e. The third-order valence-corrected chi connectivity index (χ3v) is 3.51. The standard InChI is InChI=1S/C14H19NO2/c1-10-8-9-15(14(16)11(2)17-3)13-7-5-4-6-12(10)13/h4-7,10-11H,8-9H2,1-3H3. The zero-order valence-corrected chi connectivity index (χ0v) is 10.6. The van der Waals surface area contributed by atoms with Crippen LogP contribution >= 0.6 is 0 Å². The fourth-order valence-corrected chi connectivity index (χ4v) is 2.30. The third kappa shape index (κ3) is 2.20. The lowest BCUT2D eigenvalue weighted by atomic mass is 9.91. The van der Waals surface area contributed by atoms with Crippen molar-refractivity contribution in [2.24, 2.45) is 0 Å². The predicted octanol–water partition coefficient (Wildman–Crippen LogP) is 2.56. The Hall–Kier alpha value is -1.35. The van der Waals surface area contributed by atoms with Crippen molar-refractivity contribution in [3.63, 3.8) is 0 Å². The van der Waals surface area contributed by atoms with Gasteiger partial charge in [0.05, 0.1) is 0 Å². The molecule has 0 radical (unpaired) electrons. The molecule has 0 bridgehead atoms. The first kappa shape index (κ1) is 12.1. The molecule has 1 amide bonds. The molecule has 1 aliphatic heterocycles. The van der Waals surface area contributed by atoms with Crippen molar-refractivity contribution in [2.45, 2.75) is 32.3 Å². The van der Waals surface area contributed by atoms with Gasteiger partial charge in [0.1, 0.15) is 6.10 Å². The zero-order valence-electron chi connectivity index (χ0n) is 10.6. The van der Waals surface area contributed by atoms with Gasteiger partial charge in [0.25, 0.3) is 5.91 Å². The summed E-state index contributed by atoms with van der Waals surface area (Å²) in [6.45, 7) is 4.79. The molecule has 0 fully saturated rings. The van der Waals surface area contributed by atoms with Crippen LogP contribution in [0.2, 0.25) is 0 Å². The summed E-state index contributed by atoms with van der Waals surface area (Å²) in [6.07, 6.45) is 0.635. The number of para-hydroxylation sites is 1. The highest BCUT2D eigenvalue weighted by molar-refractivity contribution is 5.97. The first-order valence-electron chi connectivity index (χ1n) is 6.08. The highest BCUT2D eigenvalue weighted by Crippen LogP contribution is 2.34. The number of amides is 1. The number of methoxy groups -OCH3 is 1. The van der Waals surface area contributed by atoms with E-state index in [9.17, 15) is 4.79 Å². The molecular weight excluding hydrogens is 214 g/mol. The van der Waals surface area contributed by atoms with Crippen LogP contribution in [0.3, 0.4) is 0 Å². The zero-order chi connectivity index (χ0) is 12.4. The van der Waals surface area contributed by atoms with Crippen molar-refractivity contribution in [1.82, 2.24) is 0 Å². The highest BCUT2D eigenvalue weighted by atomic mass is 16.5.